The van der Waals surface area contributed by atoms with Gasteiger partial charge in [0, 0.05) is 45.5 Å². The van der Waals surface area contributed by atoms with Crippen LogP contribution in [0.4, 0.5) is 8.78 Å². The summed E-state index contributed by atoms with van der Waals surface area (Å²) in [7, 11) is 1.57. The third-order valence-corrected chi connectivity index (χ3v) is 8.54. The summed E-state index contributed by atoms with van der Waals surface area (Å²) in [6.07, 6.45) is 2.36. The average molecular weight is 595 g/mol. The zero-order valence-electron chi connectivity index (χ0n) is 22.8. The topological polar surface area (TPSA) is 95.8 Å². The predicted molar refractivity (Wildman–Crippen MR) is 151 cm³/mol. The van der Waals surface area contributed by atoms with Crippen molar-refractivity contribution in [1.29, 1.82) is 0 Å². The predicted octanol–water partition coefficient (Wildman–Crippen LogP) is 4.03. The molecule has 1 fully saturated rings. The number of carbonyl (C=O) groups excluding carboxylic acids is 1. The van der Waals surface area contributed by atoms with Crippen molar-refractivity contribution in [3.05, 3.63) is 98.4 Å². The highest BCUT2D eigenvalue weighted by Crippen LogP contribution is 2.38. The number of hydrogen-bond donors (Lipinski definition) is 0. The van der Waals surface area contributed by atoms with Gasteiger partial charge in [-0.15, -0.1) is 10.2 Å². The third kappa shape index (κ3) is 5.33. The van der Waals surface area contributed by atoms with Crippen molar-refractivity contribution in [2.75, 3.05) is 40.0 Å². The van der Waals surface area contributed by atoms with Gasteiger partial charge in [0.2, 0.25) is 5.43 Å². The normalized spacial score (nSPS) is 18.1. The van der Waals surface area contributed by atoms with Crippen LogP contribution in [0.15, 0.2) is 59.5 Å². The van der Waals surface area contributed by atoms with Crippen LogP contribution < -0.4 is 10.2 Å². The summed E-state index contributed by atoms with van der Waals surface area (Å²) < 4.78 is 46.7. The lowest BCUT2D eigenvalue weighted by atomic mass is 9.92. The minimum Gasteiger partial charge on any atom is -0.483 e. The molecule has 2 aliphatic heterocycles. The molecular formula is C30H28F2N4O5S. The second-order valence-corrected chi connectivity index (χ2v) is 11.4. The lowest BCUT2D eigenvalue weighted by Gasteiger charge is -2.43. The van der Waals surface area contributed by atoms with Crippen molar-refractivity contribution in [1.82, 2.24) is 19.7 Å². The van der Waals surface area contributed by atoms with Crippen LogP contribution in [0.5, 0.6) is 5.75 Å². The summed E-state index contributed by atoms with van der Waals surface area (Å²) in [4.78, 5) is 29.6. The van der Waals surface area contributed by atoms with Gasteiger partial charge in [-0.3, -0.25) is 9.59 Å². The van der Waals surface area contributed by atoms with E-state index in [-0.39, 0.29) is 41.5 Å². The van der Waals surface area contributed by atoms with E-state index in [2.05, 4.69) is 10.2 Å². The van der Waals surface area contributed by atoms with Crippen LogP contribution in [-0.4, -0.2) is 65.6 Å². The van der Waals surface area contributed by atoms with Gasteiger partial charge >= 0.3 is 0 Å². The Morgan fingerprint density at radius 1 is 1.12 bits per heavy atom. The number of pyridine rings is 1. The maximum atomic E-state index is 14.3. The van der Waals surface area contributed by atoms with Gasteiger partial charge in [0.05, 0.1) is 24.3 Å². The van der Waals surface area contributed by atoms with Gasteiger partial charge in [-0.05, 0) is 23.6 Å². The summed E-state index contributed by atoms with van der Waals surface area (Å²) in [6.45, 7) is 2.00. The van der Waals surface area contributed by atoms with Gasteiger partial charge in [0.15, 0.2) is 16.5 Å². The highest BCUT2D eigenvalue weighted by molar-refractivity contribution is 7.14. The molecule has 1 saturated heterocycles. The first kappa shape index (κ1) is 28.1. The first-order chi connectivity index (χ1) is 20.4. The monoisotopic (exact) mass is 594 g/mol. The molecule has 0 saturated carbocycles. The first-order valence-electron chi connectivity index (χ1n) is 13.5. The van der Waals surface area contributed by atoms with Crippen LogP contribution in [0.3, 0.4) is 0 Å². The Labute approximate surface area is 244 Å². The van der Waals surface area contributed by atoms with Crippen molar-refractivity contribution >= 4 is 17.2 Å². The second kappa shape index (κ2) is 11.7. The van der Waals surface area contributed by atoms with Gasteiger partial charge in [-0.25, -0.2) is 8.78 Å². The number of rotatable bonds is 9. The zero-order valence-corrected chi connectivity index (χ0v) is 23.7. The van der Waals surface area contributed by atoms with E-state index >= 15 is 0 Å². The van der Waals surface area contributed by atoms with E-state index in [4.69, 9.17) is 14.2 Å². The minimum atomic E-state index is -0.683. The molecule has 0 radical (unpaired) electrons. The van der Waals surface area contributed by atoms with Crippen molar-refractivity contribution < 1.29 is 27.8 Å². The Hall–Kier alpha value is -4.00. The highest BCUT2D eigenvalue weighted by atomic mass is 32.1. The number of aromatic nitrogens is 3. The number of ether oxygens (including phenoxy) is 3. The number of hydrogen-bond acceptors (Lipinski definition) is 8. The molecule has 1 amide bonds. The molecule has 0 N–H and O–H groups in total. The first-order valence-corrected chi connectivity index (χ1v) is 14.3. The lowest BCUT2D eigenvalue weighted by Crippen LogP contribution is -2.56. The van der Waals surface area contributed by atoms with Gasteiger partial charge in [0.25, 0.3) is 5.91 Å². The molecule has 4 heterocycles. The molecule has 2 aromatic carbocycles. The number of fused-ring (bicyclic) bond motifs is 2. The third-order valence-electron chi connectivity index (χ3n) is 7.58. The maximum absolute atomic E-state index is 14.3. The molecule has 2 aromatic heterocycles. The van der Waals surface area contributed by atoms with E-state index in [1.807, 2.05) is 34.9 Å². The van der Waals surface area contributed by atoms with Crippen molar-refractivity contribution in [3.63, 3.8) is 0 Å². The van der Waals surface area contributed by atoms with Crippen molar-refractivity contribution in [2.24, 2.45) is 0 Å². The van der Waals surface area contributed by atoms with Crippen LogP contribution in [0, 0.1) is 11.6 Å². The summed E-state index contributed by atoms with van der Waals surface area (Å²) in [5, 5.41) is 9.19. The molecule has 9 nitrogen and oxygen atoms in total. The van der Waals surface area contributed by atoms with E-state index in [0.717, 1.165) is 23.0 Å². The quantitative estimate of drug-likeness (QED) is 0.289. The van der Waals surface area contributed by atoms with Gasteiger partial charge in [-0.1, -0.05) is 47.7 Å². The Bertz CT molecular complexity index is 1670. The van der Waals surface area contributed by atoms with Crippen molar-refractivity contribution in [2.45, 2.75) is 25.0 Å². The zero-order chi connectivity index (χ0) is 29.3. The van der Waals surface area contributed by atoms with Crippen LogP contribution in [0.1, 0.15) is 33.0 Å². The number of methoxy groups -OCH3 is 1. The molecule has 0 aliphatic carbocycles. The van der Waals surface area contributed by atoms with Crippen LogP contribution in [0.25, 0.3) is 10.6 Å². The molecule has 218 valence electrons. The van der Waals surface area contributed by atoms with E-state index in [1.165, 1.54) is 12.1 Å². The Morgan fingerprint density at radius 3 is 2.69 bits per heavy atom. The fraction of sp³-hybridized carbons (Fsp3) is 0.333. The van der Waals surface area contributed by atoms with Gasteiger partial charge in [-0.2, -0.15) is 0 Å². The summed E-state index contributed by atoms with van der Waals surface area (Å²) >= 11 is 1.13. The Kier molecular flexibility index (Phi) is 7.84. The Balaban J connectivity index is 1.45. The molecule has 1 atom stereocenters. The Morgan fingerprint density at radius 2 is 1.95 bits per heavy atom. The van der Waals surface area contributed by atoms with E-state index < -0.39 is 22.6 Å². The molecule has 4 aromatic rings. The molecular weight excluding hydrogens is 566 g/mol. The standard InChI is InChI=1S/C30H28F2N4O5S/c1-39-12-10-35-17-30(9-11-40-18-30)36-15-22(28-34-33-24(42-28)13-20-7-8-21(31)14-23(20)32)26(37)27(25(36)29(35)38)41-16-19-5-3-2-4-6-19/h2-8,14-15H,9-13,16-18H2,1H3. The van der Waals surface area contributed by atoms with Gasteiger partial charge in [0.1, 0.15) is 23.2 Å². The SMILES string of the molecule is COCCN1CC2(CCOC2)n2cc(-c3nnc(Cc4ccc(F)cc4F)s3)c(=O)c(OCc3ccccc3)c2C1=O. The molecule has 42 heavy (non-hydrogen) atoms. The summed E-state index contributed by atoms with van der Waals surface area (Å²) in [5.74, 6) is -1.76. The van der Waals surface area contributed by atoms with Crippen molar-refractivity contribution in [3.8, 4) is 16.3 Å². The highest BCUT2D eigenvalue weighted by Gasteiger charge is 2.47. The van der Waals surface area contributed by atoms with Crippen LogP contribution in [0.2, 0.25) is 0 Å². The number of nitrogens with zero attached hydrogens (tertiary/aromatic N) is 4. The fourth-order valence-corrected chi connectivity index (χ4v) is 6.26. The number of amides is 1. The molecule has 1 spiro atoms. The summed E-state index contributed by atoms with van der Waals surface area (Å²) in [6, 6.07) is 12.7. The average Bonchev–Trinajstić information content (AvgIpc) is 3.66. The number of carbonyl (C=O) groups is 1. The maximum Gasteiger partial charge on any atom is 0.274 e. The second-order valence-electron chi connectivity index (χ2n) is 10.4. The van der Waals surface area contributed by atoms with E-state index in [0.29, 0.717) is 49.3 Å². The number of benzene rings is 2. The fourth-order valence-electron chi connectivity index (χ4n) is 5.39. The molecule has 0 bridgehead atoms. The lowest BCUT2D eigenvalue weighted by molar-refractivity contribution is 0.0423. The molecule has 12 heteroatoms. The molecule has 6 rings (SSSR count). The smallest absolute Gasteiger partial charge is 0.274 e. The van der Waals surface area contributed by atoms with E-state index in [1.54, 1.807) is 18.2 Å². The van der Waals surface area contributed by atoms with Gasteiger partial charge < -0.3 is 23.7 Å². The minimum absolute atomic E-state index is 0.0731. The van der Waals surface area contributed by atoms with Crippen LogP contribution in [-0.2, 0) is 28.0 Å². The van der Waals surface area contributed by atoms with Crippen LogP contribution >= 0.6 is 11.3 Å². The summed E-state index contributed by atoms with van der Waals surface area (Å²) in [5.41, 5.74) is 0.356. The van der Waals surface area contributed by atoms with E-state index in [9.17, 15) is 18.4 Å². The number of halogens is 2. The largest absolute Gasteiger partial charge is 0.483 e. The molecule has 1 unspecified atom stereocenters. The molecule has 2 aliphatic rings.